The topological polar surface area (TPSA) is 86.8 Å². The molecule has 0 saturated carbocycles. The van der Waals surface area contributed by atoms with Gasteiger partial charge in [-0.2, -0.15) is 0 Å². The van der Waals surface area contributed by atoms with Gasteiger partial charge in [-0.1, -0.05) is 78.3 Å². The lowest BCUT2D eigenvalue weighted by atomic mass is 10.1. The quantitative estimate of drug-likeness (QED) is 0.291. The van der Waals surface area contributed by atoms with Gasteiger partial charge in [0.05, 0.1) is 10.6 Å². The fraction of sp³-hybridized carbons (Fsp3) is 0.333. The minimum Gasteiger partial charge on any atom is -0.352 e. The summed E-state index contributed by atoms with van der Waals surface area (Å²) in [6.45, 7) is 7.18. The predicted molar refractivity (Wildman–Crippen MR) is 159 cm³/mol. The highest BCUT2D eigenvalue weighted by atomic mass is 79.9. The monoisotopic (exact) mass is 613 g/mol. The number of anilines is 1. The Hall–Kier alpha value is -3.17. The van der Waals surface area contributed by atoms with Gasteiger partial charge in [0.2, 0.25) is 11.8 Å². The molecule has 7 nitrogen and oxygen atoms in total. The molecule has 0 heterocycles. The number of nitrogens with one attached hydrogen (secondary N) is 1. The van der Waals surface area contributed by atoms with Crippen molar-refractivity contribution in [2.75, 3.05) is 10.8 Å². The number of para-hydroxylation sites is 1. The van der Waals surface area contributed by atoms with E-state index in [9.17, 15) is 18.0 Å². The Morgan fingerprint density at radius 3 is 2.13 bits per heavy atom. The van der Waals surface area contributed by atoms with Crippen molar-refractivity contribution < 1.29 is 18.0 Å². The normalized spacial score (nSPS) is 12.8. The molecule has 1 N–H and O–H groups in total. The maximum atomic E-state index is 14.0. The second-order valence-corrected chi connectivity index (χ2v) is 12.2. The molecule has 0 fully saturated rings. The van der Waals surface area contributed by atoms with E-state index in [2.05, 4.69) is 21.2 Å². The highest BCUT2D eigenvalue weighted by Gasteiger charge is 2.33. The third kappa shape index (κ3) is 7.70. The van der Waals surface area contributed by atoms with Gasteiger partial charge in [-0.05, 0) is 68.1 Å². The van der Waals surface area contributed by atoms with E-state index < -0.39 is 28.5 Å². The summed E-state index contributed by atoms with van der Waals surface area (Å²) in [5.74, 6) is -0.767. The molecule has 39 heavy (non-hydrogen) atoms. The molecule has 0 spiro atoms. The first kappa shape index (κ1) is 30.4. The Morgan fingerprint density at radius 1 is 0.897 bits per heavy atom. The third-order valence-corrected chi connectivity index (χ3v) is 8.99. The maximum Gasteiger partial charge on any atom is 0.264 e. The van der Waals surface area contributed by atoms with Gasteiger partial charge >= 0.3 is 0 Å². The van der Waals surface area contributed by atoms with E-state index >= 15 is 0 Å². The highest BCUT2D eigenvalue weighted by molar-refractivity contribution is 9.10. The molecular weight excluding hydrogens is 578 g/mol. The van der Waals surface area contributed by atoms with Crippen LogP contribution in [-0.4, -0.2) is 43.8 Å². The fourth-order valence-corrected chi connectivity index (χ4v) is 5.86. The standard InChI is InChI=1S/C30H36BrN3O4S/c1-5-22(3)32-30(36)23(4)33(20-24-16-18-26(31)19-17-24)29(35)21-34(28-15-11-10-12-25(28)6-2)39(37,38)27-13-8-7-9-14-27/h7-19,22-23H,5-6,20-21H2,1-4H3,(H,32,36)/t22-,23+/m1/s1. The molecule has 0 aliphatic heterocycles. The van der Waals surface area contributed by atoms with Crippen molar-refractivity contribution in [1.82, 2.24) is 10.2 Å². The van der Waals surface area contributed by atoms with Crippen LogP contribution in [0.2, 0.25) is 0 Å². The van der Waals surface area contributed by atoms with E-state index in [0.717, 1.165) is 26.3 Å². The van der Waals surface area contributed by atoms with Crippen LogP contribution in [0.25, 0.3) is 0 Å². The number of amides is 2. The van der Waals surface area contributed by atoms with Crippen LogP contribution in [0.5, 0.6) is 0 Å². The molecule has 208 valence electrons. The van der Waals surface area contributed by atoms with Crippen LogP contribution >= 0.6 is 15.9 Å². The fourth-order valence-electron chi connectivity index (χ4n) is 4.12. The Labute approximate surface area is 240 Å². The van der Waals surface area contributed by atoms with Crippen molar-refractivity contribution in [2.24, 2.45) is 0 Å². The molecule has 0 saturated heterocycles. The van der Waals surface area contributed by atoms with Gasteiger partial charge in [0.15, 0.2) is 0 Å². The summed E-state index contributed by atoms with van der Waals surface area (Å²) in [6, 6.07) is 21.8. The second-order valence-electron chi connectivity index (χ2n) is 9.45. The van der Waals surface area contributed by atoms with Gasteiger partial charge in [-0.25, -0.2) is 8.42 Å². The lowest BCUT2D eigenvalue weighted by Crippen LogP contribution is -2.52. The van der Waals surface area contributed by atoms with Crippen LogP contribution in [-0.2, 0) is 32.6 Å². The summed E-state index contributed by atoms with van der Waals surface area (Å²) in [6.07, 6.45) is 1.33. The molecule has 0 aromatic heterocycles. The van der Waals surface area contributed by atoms with Gasteiger partial charge in [0.1, 0.15) is 12.6 Å². The Kier molecular flexibility index (Phi) is 10.7. The lowest BCUT2D eigenvalue weighted by Gasteiger charge is -2.33. The summed E-state index contributed by atoms with van der Waals surface area (Å²) in [7, 11) is -4.08. The average molecular weight is 615 g/mol. The van der Waals surface area contributed by atoms with Crippen LogP contribution in [0.15, 0.2) is 88.2 Å². The summed E-state index contributed by atoms with van der Waals surface area (Å²) in [5, 5.41) is 2.95. The van der Waals surface area contributed by atoms with Gasteiger partial charge in [-0.3, -0.25) is 13.9 Å². The Morgan fingerprint density at radius 2 is 1.51 bits per heavy atom. The Balaban J connectivity index is 2.04. The molecule has 0 aliphatic carbocycles. The summed E-state index contributed by atoms with van der Waals surface area (Å²) < 4.78 is 29.9. The number of rotatable bonds is 12. The molecule has 0 bridgehead atoms. The van der Waals surface area contributed by atoms with Crippen molar-refractivity contribution in [2.45, 2.75) is 64.1 Å². The summed E-state index contributed by atoms with van der Waals surface area (Å²) >= 11 is 3.43. The summed E-state index contributed by atoms with van der Waals surface area (Å²) in [5.41, 5.74) is 2.06. The maximum absolute atomic E-state index is 14.0. The number of hydrogen-bond donors (Lipinski definition) is 1. The number of hydrogen-bond acceptors (Lipinski definition) is 4. The van der Waals surface area contributed by atoms with Crippen LogP contribution in [0.3, 0.4) is 0 Å². The SMILES string of the molecule is CCc1ccccc1N(CC(=O)N(Cc1ccc(Br)cc1)[C@@H](C)C(=O)N[C@H](C)CC)S(=O)(=O)c1ccccc1. The number of sulfonamides is 1. The molecular formula is C30H36BrN3O4S. The number of benzene rings is 3. The van der Waals surface area contributed by atoms with Crippen molar-refractivity contribution in [3.05, 3.63) is 94.5 Å². The highest BCUT2D eigenvalue weighted by Crippen LogP contribution is 2.28. The number of aryl methyl sites for hydroxylation is 1. The first-order chi connectivity index (χ1) is 18.6. The van der Waals surface area contributed by atoms with Crippen LogP contribution in [0, 0.1) is 0 Å². The summed E-state index contributed by atoms with van der Waals surface area (Å²) in [4.78, 5) is 28.7. The molecule has 3 rings (SSSR count). The average Bonchev–Trinajstić information content (AvgIpc) is 2.95. The van der Waals surface area contributed by atoms with E-state index in [1.807, 2.05) is 57.2 Å². The molecule has 0 radical (unpaired) electrons. The molecule has 3 aromatic carbocycles. The van der Waals surface area contributed by atoms with Gasteiger partial charge < -0.3 is 10.2 Å². The van der Waals surface area contributed by atoms with Crippen LogP contribution < -0.4 is 9.62 Å². The molecule has 2 amide bonds. The Bertz CT molecular complexity index is 1360. The van der Waals surface area contributed by atoms with Crippen LogP contribution in [0.1, 0.15) is 45.2 Å². The number of nitrogens with zero attached hydrogens (tertiary/aromatic N) is 2. The van der Waals surface area contributed by atoms with E-state index in [1.165, 1.54) is 17.0 Å². The first-order valence-corrected chi connectivity index (χ1v) is 15.3. The van der Waals surface area contributed by atoms with Crippen molar-refractivity contribution in [1.29, 1.82) is 0 Å². The van der Waals surface area contributed by atoms with Gasteiger partial charge in [0.25, 0.3) is 10.0 Å². The number of halogens is 1. The minimum absolute atomic E-state index is 0.0593. The lowest BCUT2D eigenvalue weighted by molar-refractivity contribution is -0.139. The van der Waals surface area contributed by atoms with Crippen molar-refractivity contribution in [3.8, 4) is 0 Å². The third-order valence-electron chi connectivity index (χ3n) is 6.69. The number of carbonyl (C=O) groups is 2. The molecule has 3 aromatic rings. The van der Waals surface area contributed by atoms with Crippen molar-refractivity contribution >= 4 is 43.5 Å². The van der Waals surface area contributed by atoms with Crippen LogP contribution in [0.4, 0.5) is 5.69 Å². The van der Waals surface area contributed by atoms with E-state index in [-0.39, 0.29) is 23.4 Å². The zero-order chi connectivity index (χ0) is 28.6. The van der Waals surface area contributed by atoms with E-state index in [0.29, 0.717) is 12.1 Å². The molecule has 0 aliphatic rings. The molecule has 9 heteroatoms. The zero-order valence-corrected chi connectivity index (χ0v) is 25.2. The largest absolute Gasteiger partial charge is 0.352 e. The second kappa shape index (κ2) is 13.8. The predicted octanol–water partition coefficient (Wildman–Crippen LogP) is 5.54. The smallest absolute Gasteiger partial charge is 0.264 e. The number of carbonyl (C=O) groups excluding carboxylic acids is 2. The first-order valence-electron chi connectivity index (χ1n) is 13.1. The molecule has 2 atom stereocenters. The zero-order valence-electron chi connectivity index (χ0n) is 22.8. The van der Waals surface area contributed by atoms with Gasteiger partial charge in [-0.15, -0.1) is 0 Å². The van der Waals surface area contributed by atoms with Gasteiger partial charge in [0, 0.05) is 17.1 Å². The molecule has 0 unspecified atom stereocenters. The minimum atomic E-state index is -4.08. The van der Waals surface area contributed by atoms with E-state index in [1.54, 1.807) is 37.3 Å². The van der Waals surface area contributed by atoms with Crippen molar-refractivity contribution in [3.63, 3.8) is 0 Å². The van der Waals surface area contributed by atoms with E-state index in [4.69, 9.17) is 0 Å².